The van der Waals surface area contributed by atoms with Gasteiger partial charge in [0.05, 0.1) is 0 Å². The Morgan fingerprint density at radius 3 is 2.58 bits per heavy atom. The highest BCUT2D eigenvalue weighted by Gasteiger charge is 2.07. The predicted octanol–water partition coefficient (Wildman–Crippen LogP) is 4.50. The Hall–Kier alpha value is 0.1000. The Morgan fingerprint density at radius 2 is 2.00 bits per heavy atom. The van der Waals surface area contributed by atoms with Gasteiger partial charge in [0.2, 0.25) is 0 Å². The molecule has 0 spiro atoms. The molecular weight excluding hydrogens is 320 g/mol. The Balaban J connectivity index is 2.03. The molecular formula is C15H27BrN2S. The van der Waals surface area contributed by atoms with E-state index in [1.807, 2.05) is 11.3 Å². The van der Waals surface area contributed by atoms with Crippen LogP contribution in [0.1, 0.15) is 44.9 Å². The molecule has 2 nitrogen and oxygen atoms in total. The van der Waals surface area contributed by atoms with E-state index < -0.39 is 0 Å². The summed E-state index contributed by atoms with van der Waals surface area (Å²) in [5, 5.41) is 5.69. The topological polar surface area (TPSA) is 15.3 Å². The van der Waals surface area contributed by atoms with E-state index in [4.69, 9.17) is 0 Å². The van der Waals surface area contributed by atoms with E-state index in [2.05, 4.69) is 65.4 Å². The van der Waals surface area contributed by atoms with Gasteiger partial charge in [-0.05, 0) is 75.7 Å². The minimum Gasteiger partial charge on any atom is -0.312 e. The minimum atomic E-state index is 0.253. The molecule has 0 saturated carbocycles. The first-order valence-corrected chi connectivity index (χ1v) is 8.70. The minimum absolute atomic E-state index is 0.253. The third-order valence-corrected chi connectivity index (χ3v) is 4.60. The van der Waals surface area contributed by atoms with Crippen molar-refractivity contribution >= 4 is 27.3 Å². The van der Waals surface area contributed by atoms with Crippen LogP contribution in [0.15, 0.2) is 15.9 Å². The molecule has 0 atom stereocenters. The highest BCUT2D eigenvalue weighted by molar-refractivity contribution is 9.10. The quantitative estimate of drug-likeness (QED) is 0.697. The zero-order valence-corrected chi connectivity index (χ0v) is 15.0. The molecule has 0 aliphatic carbocycles. The summed E-state index contributed by atoms with van der Waals surface area (Å²) in [4.78, 5) is 3.85. The molecule has 0 aromatic carbocycles. The monoisotopic (exact) mass is 346 g/mol. The molecule has 0 fully saturated rings. The van der Waals surface area contributed by atoms with Crippen LogP contribution in [0, 0.1) is 0 Å². The van der Waals surface area contributed by atoms with Crippen molar-refractivity contribution in [1.29, 1.82) is 0 Å². The van der Waals surface area contributed by atoms with Crippen molar-refractivity contribution in [3.8, 4) is 0 Å². The molecule has 0 radical (unpaired) electrons. The van der Waals surface area contributed by atoms with E-state index in [9.17, 15) is 0 Å². The molecule has 1 aromatic rings. The average Bonchev–Trinajstić information content (AvgIpc) is 2.67. The largest absolute Gasteiger partial charge is 0.312 e. The maximum atomic E-state index is 3.54. The first-order valence-electron chi connectivity index (χ1n) is 7.03. The maximum absolute atomic E-state index is 3.54. The number of unbranched alkanes of at least 4 members (excludes halogenated alkanes) is 2. The van der Waals surface area contributed by atoms with Crippen LogP contribution in [0.4, 0.5) is 0 Å². The Morgan fingerprint density at radius 1 is 1.26 bits per heavy atom. The van der Waals surface area contributed by atoms with E-state index in [-0.39, 0.29) is 5.54 Å². The van der Waals surface area contributed by atoms with Crippen LogP contribution in [0.3, 0.4) is 0 Å². The second-order valence-electron chi connectivity index (χ2n) is 6.21. The summed E-state index contributed by atoms with van der Waals surface area (Å²) in [6.45, 7) is 10.0. The highest BCUT2D eigenvalue weighted by atomic mass is 79.9. The standard InChI is InChI=1S/C15H27BrN2S/c1-15(2,3)17-8-6-5-7-9-18(4)11-14-10-13(16)12-19-14/h10,12,17H,5-9,11H2,1-4H3. The van der Waals surface area contributed by atoms with Gasteiger partial charge in [-0.1, -0.05) is 6.42 Å². The van der Waals surface area contributed by atoms with Crippen molar-refractivity contribution in [3.05, 3.63) is 20.8 Å². The Bertz CT molecular complexity index is 357. The van der Waals surface area contributed by atoms with Crippen molar-refractivity contribution in [1.82, 2.24) is 10.2 Å². The number of rotatable bonds is 8. The van der Waals surface area contributed by atoms with Crippen molar-refractivity contribution in [2.45, 2.75) is 52.1 Å². The smallest absolute Gasteiger partial charge is 0.0325 e. The van der Waals surface area contributed by atoms with Crippen molar-refractivity contribution in [2.75, 3.05) is 20.1 Å². The molecule has 0 amide bonds. The molecule has 1 aromatic heterocycles. The number of hydrogen-bond acceptors (Lipinski definition) is 3. The summed E-state index contributed by atoms with van der Waals surface area (Å²) in [5.74, 6) is 0. The molecule has 1 N–H and O–H groups in total. The lowest BCUT2D eigenvalue weighted by Crippen LogP contribution is -2.36. The summed E-state index contributed by atoms with van der Waals surface area (Å²) < 4.78 is 1.20. The van der Waals surface area contributed by atoms with Crippen LogP contribution in [0.5, 0.6) is 0 Å². The van der Waals surface area contributed by atoms with Gasteiger partial charge in [-0.2, -0.15) is 0 Å². The number of hydrogen-bond donors (Lipinski definition) is 1. The first kappa shape index (κ1) is 17.2. The van der Waals surface area contributed by atoms with Gasteiger partial charge < -0.3 is 10.2 Å². The third-order valence-electron chi connectivity index (χ3n) is 2.92. The average molecular weight is 347 g/mol. The van der Waals surface area contributed by atoms with Gasteiger partial charge in [0.25, 0.3) is 0 Å². The van der Waals surface area contributed by atoms with Gasteiger partial charge in [0.1, 0.15) is 0 Å². The Labute approximate surface area is 130 Å². The molecule has 4 heteroatoms. The van der Waals surface area contributed by atoms with Crippen LogP contribution in [0.2, 0.25) is 0 Å². The van der Waals surface area contributed by atoms with E-state index >= 15 is 0 Å². The fourth-order valence-electron chi connectivity index (χ4n) is 1.93. The molecule has 0 unspecified atom stereocenters. The molecule has 110 valence electrons. The zero-order valence-electron chi connectivity index (χ0n) is 12.6. The fraction of sp³-hybridized carbons (Fsp3) is 0.733. The van der Waals surface area contributed by atoms with Crippen LogP contribution in [0.25, 0.3) is 0 Å². The van der Waals surface area contributed by atoms with Gasteiger partial charge in [-0.3, -0.25) is 0 Å². The highest BCUT2D eigenvalue weighted by Crippen LogP contribution is 2.20. The fourth-order valence-corrected chi connectivity index (χ4v) is 3.46. The molecule has 0 aliphatic rings. The normalized spacial score (nSPS) is 12.3. The van der Waals surface area contributed by atoms with Crippen LogP contribution >= 0.6 is 27.3 Å². The van der Waals surface area contributed by atoms with Crippen LogP contribution < -0.4 is 5.32 Å². The van der Waals surface area contributed by atoms with Crippen LogP contribution in [-0.2, 0) is 6.54 Å². The summed E-state index contributed by atoms with van der Waals surface area (Å²) in [7, 11) is 2.21. The van der Waals surface area contributed by atoms with Gasteiger partial charge in [0.15, 0.2) is 0 Å². The molecule has 1 heterocycles. The molecule has 1 rings (SSSR count). The van der Waals surface area contributed by atoms with E-state index in [0.717, 1.165) is 13.1 Å². The lowest BCUT2D eigenvalue weighted by Gasteiger charge is -2.20. The predicted molar refractivity (Wildman–Crippen MR) is 90.0 cm³/mol. The second kappa shape index (κ2) is 8.40. The third kappa shape index (κ3) is 8.79. The van der Waals surface area contributed by atoms with E-state index in [1.54, 1.807) is 0 Å². The number of thiophene rings is 1. The first-order chi connectivity index (χ1) is 8.87. The Kier molecular flexibility index (Phi) is 7.58. The summed E-state index contributed by atoms with van der Waals surface area (Å²) >= 11 is 5.33. The van der Waals surface area contributed by atoms with Crippen molar-refractivity contribution < 1.29 is 0 Å². The molecule has 0 saturated heterocycles. The van der Waals surface area contributed by atoms with E-state index in [0.29, 0.717) is 0 Å². The number of nitrogens with one attached hydrogen (secondary N) is 1. The SMILES string of the molecule is CN(CCCCCNC(C)(C)C)Cc1cc(Br)cs1. The molecule has 19 heavy (non-hydrogen) atoms. The van der Waals surface area contributed by atoms with Gasteiger partial charge in [-0.15, -0.1) is 11.3 Å². The van der Waals surface area contributed by atoms with Crippen molar-refractivity contribution in [2.24, 2.45) is 0 Å². The summed E-state index contributed by atoms with van der Waals surface area (Å²) in [5.41, 5.74) is 0.253. The number of halogens is 1. The maximum Gasteiger partial charge on any atom is 0.0325 e. The zero-order chi connectivity index (χ0) is 14.3. The van der Waals surface area contributed by atoms with Gasteiger partial charge >= 0.3 is 0 Å². The summed E-state index contributed by atoms with van der Waals surface area (Å²) in [6.07, 6.45) is 3.87. The van der Waals surface area contributed by atoms with Gasteiger partial charge in [-0.25, -0.2) is 0 Å². The molecule has 0 aliphatic heterocycles. The second-order valence-corrected chi connectivity index (χ2v) is 8.12. The lowest BCUT2D eigenvalue weighted by molar-refractivity contribution is 0.317. The summed E-state index contributed by atoms with van der Waals surface area (Å²) in [6, 6.07) is 2.22. The van der Waals surface area contributed by atoms with Gasteiger partial charge in [0, 0.05) is 26.8 Å². The lowest BCUT2D eigenvalue weighted by atomic mass is 10.1. The number of nitrogens with zero attached hydrogens (tertiary/aromatic N) is 1. The molecule has 0 bridgehead atoms. The van der Waals surface area contributed by atoms with Crippen LogP contribution in [-0.4, -0.2) is 30.6 Å². The van der Waals surface area contributed by atoms with Crippen molar-refractivity contribution in [3.63, 3.8) is 0 Å². The van der Waals surface area contributed by atoms with E-state index in [1.165, 1.54) is 35.2 Å².